The van der Waals surface area contributed by atoms with E-state index >= 15 is 0 Å². The molecular formula is C18H31N6O2P. The SMILES string of the molecule is CN(C)P(=O)(N(C)C)N1CCC2(CCN(NC(=O)c3cccnc3)CC2)C1. The monoisotopic (exact) mass is 394 g/mol. The quantitative estimate of drug-likeness (QED) is 0.763. The van der Waals surface area contributed by atoms with Crippen LogP contribution in [-0.4, -0.2) is 84.3 Å². The number of nitrogens with one attached hydrogen (secondary N) is 1. The summed E-state index contributed by atoms with van der Waals surface area (Å²) in [6, 6.07) is 3.53. The summed E-state index contributed by atoms with van der Waals surface area (Å²) >= 11 is 0. The molecular weight excluding hydrogens is 363 g/mol. The maximum Gasteiger partial charge on any atom is 0.285 e. The molecule has 3 heterocycles. The van der Waals surface area contributed by atoms with E-state index in [1.807, 2.05) is 42.5 Å². The lowest BCUT2D eigenvalue weighted by Crippen LogP contribution is -2.50. The van der Waals surface area contributed by atoms with E-state index in [2.05, 4.69) is 15.1 Å². The van der Waals surface area contributed by atoms with E-state index in [-0.39, 0.29) is 11.3 Å². The fourth-order valence-corrected chi connectivity index (χ4v) is 6.78. The Bertz CT molecular complexity index is 691. The van der Waals surface area contributed by atoms with Crippen molar-refractivity contribution in [3.63, 3.8) is 0 Å². The lowest BCUT2D eigenvalue weighted by molar-refractivity contribution is 0.0550. The van der Waals surface area contributed by atoms with E-state index in [4.69, 9.17) is 0 Å². The molecule has 1 amide bonds. The van der Waals surface area contributed by atoms with Gasteiger partial charge in [-0.05, 0) is 65.0 Å². The molecule has 1 spiro atoms. The minimum atomic E-state index is -2.67. The van der Waals surface area contributed by atoms with Crippen molar-refractivity contribution in [3.05, 3.63) is 30.1 Å². The van der Waals surface area contributed by atoms with Gasteiger partial charge in [-0.25, -0.2) is 19.0 Å². The Morgan fingerprint density at radius 1 is 1.15 bits per heavy atom. The second-order valence-electron chi connectivity index (χ2n) is 8.02. The number of pyridine rings is 1. The highest BCUT2D eigenvalue weighted by Gasteiger charge is 2.47. The molecule has 1 aromatic heterocycles. The molecule has 0 aliphatic carbocycles. The molecule has 0 bridgehead atoms. The Kier molecular flexibility index (Phi) is 6.03. The van der Waals surface area contributed by atoms with Crippen molar-refractivity contribution in [1.82, 2.24) is 29.4 Å². The van der Waals surface area contributed by atoms with Gasteiger partial charge in [-0.1, -0.05) is 0 Å². The van der Waals surface area contributed by atoms with Crippen LogP contribution >= 0.6 is 7.59 Å². The van der Waals surface area contributed by atoms with Crippen molar-refractivity contribution < 1.29 is 9.36 Å². The van der Waals surface area contributed by atoms with Crippen LogP contribution in [0, 0.1) is 5.41 Å². The molecule has 1 N–H and O–H groups in total. The number of carbonyl (C=O) groups is 1. The first-order chi connectivity index (χ1) is 12.8. The third-order valence-corrected chi connectivity index (χ3v) is 9.00. The van der Waals surface area contributed by atoms with Gasteiger partial charge < -0.3 is 0 Å². The summed E-state index contributed by atoms with van der Waals surface area (Å²) in [6.07, 6.45) is 6.29. The highest BCUT2D eigenvalue weighted by Crippen LogP contribution is 2.58. The zero-order chi connectivity index (χ0) is 19.7. The number of amides is 1. The molecule has 0 aromatic carbocycles. The molecule has 2 aliphatic heterocycles. The number of nitrogens with zero attached hydrogens (tertiary/aromatic N) is 5. The summed E-state index contributed by atoms with van der Waals surface area (Å²) in [4.78, 5) is 16.3. The molecule has 2 saturated heterocycles. The van der Waals surface area contributed by atoms with E-state index in [1.54, 1.807) is 24.5 Å². The number of piperidine rings is 1. The van der Waals surface area contributed by atoms with Crippen LogP contribution in [0.25, 0.3) is 0 Å². The normalized spacial score (nSPS) is 21.3. The topological polar surface area (TPSA) is 72.0 Å². The van der Waals surface area contributed by atoms with Crippen LogP contribution in [0.2, 0.25) is 0 Å². The third-order valence-electron chi connectivity index (χ3n) is 5.84. The summed E-state index contributed by atoms with van der Waals surface area (Å²) in [6.45, 7) is 3.34. The van der Waals surface area contributed by atoms with Gasteiger partial charge >= 0.3 is 0 Å². The van der Waals surface area contributed by atoms with Gasteiger partial charge in [0.05, 0.1) is 5.56 Å². The molecule has 9 heteroatoms. The zero-order valence-electron chi connectivity index (χ0n) is 16.8. The number of carbonyl (C=O) groups excluding carboxylic acids is 1. The minimum Gasteiger partial charge on any atom is -0.285 e. The van der Waals surface area contributed by atoms with Crippen molar-refractivity contribution in [2.75, 3.05) is 54.4 Å². The lowest BCUT2D eigenvalue weighted by Gasteiger charge is -2.41. The average molecular weight is 394 g/mol. The van der Waals surface area contributed by atoms with Crippen LogP contribution in [0.5, 0.6) is 0 Å². The van der Waals surface area contributed by atoms with Crippen molar-refractivity contribution >= 4 is 13.5 Å². The van der Waals surface area contributed by atoms with Crippen LogP contribution < -0.4 is 5.43 Å². The molecule has 0 atom stereocenters. The minimum absolute atomic E-state index is 0.114. The van der Waals surface area contributed by atoms with Gasteiger partial charge in [0.25, 0.3) is 13.5 Å². The molecule has 3 rings (SSSR count). The predicted molar refractivity (Wildman–Crippen MR) is 106 cm³/mol. The van der Waals surface area contributed by atoms with Gasteiger partial charge in [-0.15, -0.1) is 0 Å². The Labute approximate surface area is 162 Å². The third kappa shape index (κ3) is 4.10. The van der Waals surface area contributed by atoms with Gasteiger partial charge in [0, 0.05) is 38.6 Å². The highest BCUT2D eigenvalue weighted by molar-refractivity contribution is 7.56. The first-order valence-corrected chi connectivity index (χ1v) is 11.0. The number of hydrogen-bond donors (Lipinski definition) is 1. The van der Waals surface area contributed by atoms with Crippen LogP contribution in [0.15, 0.2) is 24.5 Å². The second kappa shape index (κ2) is 7.97. The van der Waals surface area contributed by atoms with E-state index in [9.17, 15) is 9.36 Å². The van der Waals surface area contributed by atoms with Crippen molar-refractivity contribution in [1.29, 1.82) is 0 Å². The standard InChI is InChI=1S/C18H31N6O2P/c1-21(2)27(26,22(3)4)24-13-9-18(15-24)7-11-23(12-8-18)20-17(25)16-6-5-10-19-14-16/h5-6,10,14H,7-9,11-13,15H2,1-4H3,(H,20,25). The summed E-state index contributed by atoms with van der Waals surface area (Å²) in [5, 5.41) is 2.00. The molecule has 2 aliphatic rings. The smallest absolute Gasteiger partial charge is 0.285 e. The van der Waals surface area contributed by atoms with Crippen LogP contribution in [-0.2, 0) is 4.57 Å². The molecule has 0 saturated carbocycles. The van der Waals surface area contributed by atoms with E-state index in [0.29, 0.717) is 5.56 Å². The van der Waals surface area contributed by atoms with Crippen LogP contribution in [0.1, 0.15) is 29.6 Å². The summed E-state index contributed by atoms with van der Waals surface area (Å²) in [5.74, 6) is -0.114. The zero-order valence-corrected chi connectivity index (χ0v) is 17.7. The Hall–Kier alpha value is -1.31. The molecule has 8 nitrogen and oxygen atoms in total. The molecule has 2 fully saturated rings. The summed E-state index contributed by atoms with van der Waals surface area (Å²) in [5.41, 5.74) is 3.75. The van der Waals surface area contributed by atoms with Crippen molar-refractivity contribution in [2.24, 2.45) is 5.41 Å². The first-order valence-electron chi connectivity index (χ1n) is 9.44. The maximum atomic E-state index is 13.5. The van der Waals surface area contributed by atoms with Gasteiger partial charge in [-0.2, -0.15) is 0 Å². The molecule has 27 heavy (non-hydrogen) atoms. The largest absolute Gasteiger partial charge is 0.285 e. The van der Waals surface area contributed by atoms with Crippen molar-refractivity contribution in [3.8, 4) is 0 Å². The lowest BCUT2D eigenvalue weighted by atomic mass is 9.78. The second-order valence-corrected chi connectivity index (χ2v) is 11.2. The van der Waals surface area contributed by atoms with Gasteiger partial charge in [0.1, 0.15) is 0 Å². The van der Waals surface area contributed by atoms with Gasteiger partial charge in [0.2, 0.25) is 0 Å². The maximum absolute atomic E-state index is 13.5. The van der Waals surface area contributed by atoms with Crippen LogP contribution in [0.4, 0.5) is 0 Å². The van der Waals surface area contributed by atoms with Gasteiger partial charge in [-0.3, -0.25) is 19.8 Å². The number of rotatable bonds is 5. The van der Waals surface area contributed by atoms with Crippen molar-refractivity contribution in [2.45, 2.75) is 19.3 Å². The molecule has 1 aromatic rings. The molecule has 150 valence electrons. The Morgan fingerprint density at radius 2 is 1.78 bits per heavy atom. The molecule has 0 unspecified atom stereocenters. The van der Waals surface area contributed by atoms with E-state index in [1.165, 1.54) is 0 Å². The summed E-state index contributed by atoms with van der Waals surface area (Å²) in [7, 11) is 4.89. The first kappa shape index (κ1) is 20.4. The van der Waals surface area contributed by atoms with E-state index < -0.39 is 7.59 Å². The Morgan fingerprint density at radius 3 is 2.33 bits per heavy atom. The fraction of sp³-hybridized carbons (Fsp3) is 0.667. The summed E-state index contributed by atoms with van der Waals surface area (Å²) < 4.78 is 19.4. The fourth-order valence-electron chi connectivity index (χ4n) is 4.20. The van der Waals surface area contributed by atoms with E-state index in [0.717, 1.165) is 45.4 Å². The highest BCUT2D eigenvalue weighted by atomic mass is 31.2. The Balaban J connectivity index is 1.58. The van der Waals surface area contributed by atoms with Gasteiger partial charge in [0.15, 0.2) is 0 Å². The predicted octanol–water partition coefficient (Wildman–Crippen LogP) is 1.75. The number of hydrazine groups is 1. The number of hydrogen-bond acceptors (Lipinski definition) is 4. The average Bonchev–Trinajstić information content (AvgIpc) is 3.07. The van der Waals surface area contributed by atoms with Crippen LogP contribution in [0.3, 0.4) is 0 Å². The molecule has 0 radical (unpaired) electrons. The number of aromatic nitrogens is 1.